The van der Waals surface area contributed by atoms with E-state index in [0.717, 1.165) is 19.3 Å². The van der Waals surface area contributed by atoms with Gasteiger partial charge in [0.05, 0.1) is 12.0 Å². The third kappa shape index (κ3) is 4.12. The Balaban J connectivity index is 0.00000312. The lowest BCUT2D eigenvalue weighted by atomic mass is 9.54. The van der Waals surface area contributed by atoms with Crippen LogP contribution in [0.2, 0.25) is 0 Å². The maximum Gasteiger partial charge on any atom is 0.243 e. The van der Waals surface area contributed by atoms with Gasteiger partial charge in [-0.1, -0.05) is 20.8 Å². The van der Waals surface area contributed by atoms with E-state index in [2.05, 4.69) is 5.32 Å². The minimum absolute atomic E-state index is 0. The first-order chi connectivity index (χ1) is 11.3. The quantitative estimate of drug-likeness (QED) is 0.740. The molecule has 7 heteroatoms. The molecule has 2 rings (SSSR count). The van der Waals surface area contributed by atoms with Crippen LogP contribution in [0.3, 0.4) is 0 Å². The first-order valence-corrected chi connectivity index (χ1v) is 9.25. The van der Waals surface area contributed by atoms with Gasteiger partial charge in [0.15, 0.2) is 0 Å². The molecular weight excluding hydrogens is 342 g/mol. The molecule has 0 aromatic rings. The molecule has 6 nitrogen and oxygen atoms in total. The van der Waals surface area contributed by atoms with Gasteiger partial charge in [-0.2, -0.15) is 0 Å². The molecule has 2 amide bonds. The van der Waals surface area contributed by atoms with E-state index in [4.69, 9.17) is 10.5 Å². The van der Waals surface area contributed by atoms with Gasteiger partial charge in [-0.05, 0) is 26.2 Å². The van der Waals surface area contributed by atoms with Crippen molar-refractivity contribution in [3.05, 3.63) is 0 Å². The van der Waals surface area contributed by atoms with Crippen LogP contribution >= 0.6 is 12.4 Å². The number of rotatable bonds is 6. The van der Waals surface area contributed by atoms with Gasteiger partial charge in [-0.25, -0.2) is 0 Å². The average molecular weight is 376 g/mol. The first-order valence-electron chi connectivity index (χ1n) is 9.25. The van der Waals surface area contributed by atoms with Crippen molar-refractivity contribution in [3.8, 4) is 0 Å². The molecule has 3 atom stereocenters. The predicted molar refractivity (Wildman–Crippen MR) is 101 cm³/mol. The number of likely N-dealkylation sites (tertiary alicyclic amines) is 1. The number of halogens is 1. The maximum absolute atomic E-state index is 13.1. The van der Waals surface area contributed by atoms with Crippen molar-refractivity contribution in [3.63, 3.8) is 0 Å². The second-order valence-corrected chi connectivity index (χ2v) is 7.72. The lowest BCUT2D eigenvalue weighted by Gasteiger charge is -2.59. The third-order valence-corrected chi connectivity index (χ3v) is 5.84. The predicted octanol–water partition coefficient (Wildman–Crippen LogP) is 1.71. The molecule has 1 saturated heterocycles. The Bertz CT molecular complexity index is 486. The molecule has 1 heterocycles. The largest absolute Gasteiger partial charge is 0.378 e. The highest BCUT2D eigenvalue weighted by Gasteiger charge is 2.63. The van der Waals surface area contributed by atoms with Crippen LogP contribution in [0, 0.1) is 11.3 Å². The normalized spacial score (nSPS) is 30.8. The molecule has 1 aliphatic heterocycles. The van der Waals surface area contributed by atoms with E-state index in [1.54, 1.807) is 4.90 Å². The van der Waals surface area contributed by atoms with E-state index in [1.807, 2.05) is 27.7 Å². The Kier molecular flexibility index (Phi) is 7.71. The van der Waals surface area contributed by atoms with Crippen LogP contribution in [0.4, 0.5) is 0 Å². The smallest absolute Gasteiger partial charge is 0.243 e. The van der Waals surface area contributed by atoms with Crippen LogP contribution in [0.1, 0.15) is 53.4 Å². The van der Waals surface area contributed by atoms with Crippen LogP contribution < -0.4 is 11.1 Å². The van der Waals surface area contributed by atoms with Gasteiger partial charge in [0, 0.05) is 38.1 Å². The Morgan fingerprint density at radius 3 is 2.56 bits per heavy atom. The molecule has 0 spiro atoms. The molecule has 2 fully saturated rings. The van der Waals surface area contributed by atoms with Gasteiger partial charge >= 0.3 is 0 Å². The molecule has 3 unspecified atom stereocenters. The van der Waals surface area contributed by atoms with Crippen LogP contribution in [-0.2, 0) is 14.3 Å². The van der Waals surface area contributed by atoms with Gasteiger partial charge in [0.25, 0.3) is 0 Å². The molecule has 1 saturated carbocycles. The monoisotopic (exact) mass is 375 g/mol. The molecule has 0 aromatic heterocycles. The second kappa shape index (κ2) is 8.69. The molecule has 0 radical (unpaired) electrons. The van der Waals surface area contributed by atoms with E-state index in [1.165, 1.54) is 0 Å². The van der Waals surface area contributed by atoms with Crippen molar-refractivity contribution in [2.45, 2.75) is 65.0 Å². The topological polar surface area (TPSA) is 84.7 Å². The summed E-state index contributed by atoms with van der Waals surface area (Å²) in [6, 6.07) is 0. The molecule has 3 N–H and O–H groups in total. The molecule has 0 aromatic carbocycles. The van der Waals surface area contributed by atoms with Crippen molar-refractivity contribution in [2.75, 3.05) is 26.2 Å². The summed E-state index contributed by atoms with van der Waals surface area (Å²) in [5.74, 6) is -0.0966. The van der Waals surface area contributed by atoms with Crippen molar-refractivity contribution in [2.24, 2.45) is 17.1 Å². The van der Waals surface area contributed by atoms with E-state index >= 15 is 0 Å². The molecule has 1 aliphatic carbocycles. The van der Waals surface area contributed by atoms with Crippen LogP contribution in [0.15, 0.2) is 0 Å². The van der Waals surface area contributed by atoms with E-state index in [-0.39, 0.29) is 36.2 Å². The number of ether oxygens (including phenoxy) is 1. The Morgan fingerprint density at radius 2 is 2.00 bits per heavy atom. The van der Waals surface area contributed by atoms with Gasteiger partial charge in [-0.3, -0.25) is 9.59 Å². The third-order valence-electron chi connectivity index (χ3n) is 5.84. The van der Waals surface area contributed by atoms with Crippen molar-refractivity contribution in [1.82, 2.24) is 10.2 Å². The van der Waals surface area contributed by atoms with Gasteiger partial charge in [0.1, 0.15) is 5.54 Å². The number of amides is 2. The molecule has 146 valence electrons. The zero-order valence-corrected chi connectivity index (χ0v) is 16.8. The summed E-state index contributed by atoms with van der Waals surface area (Å²) in [7, 11) is 0. The minimum Gasteiger partial charge on any atom is -0.378 e. The Labute approximate surface area is 157 Å². The van der Waals surface area contributed by atoms with E-state index in [0.29, 0.717) is 32.7 Å². The average Bonchev–Trinajstić information content (AvgIpc) is 2.58. The molecule has 2 aliphatic rings. The summed E-state index contributed by atoms with van der Waals surface area (Å²) >= 11 is 0. The van der Waals surface area contributed by atoms with Crippen molar-refractivity contribution >= 4 is 24.2 Å². The van der Waals surface area contributed by atoms with Crippen molar-refractivity contribution in [1.29, 1.82) is 0 Å². The van der Waals surface area contributed by atoms with Gasteiger partial charge in [-0.15, -0.1) is 12.4 Å². The first kappa shape index (κ1) is 22.2. The fourth-order valence-corrected chi connectivity index (χ4v) is 3.85. The maximum atomic E-state index is 13.1. The minimum atomic E-state index is -0.894. The summed E-state index contributed by atoms with van der Waals surface area (Å²) in [5.41, 5.74) is 5.22. The summed E-state index contributed by atoms with van der Waals surface area (Å²) in [6.07, 6.45) is 3.17. The molecule has 25 heavy (non-hydrogen) atoms. The number of nitrogens with two attached hydrogens (primary N) is 1. The van der Waals surface area contributed by atoms with Gasteiger partial charge in [0.2, 0.25) is 11.8 Å². The summed E-state index contributed by atoms with van der Waals surface area (Å²) < 4.78 is 5.71. The highest BCUT2D eigenvalue weighted by Crippen LogP contribution is 2.50. The highest BCUT2D eigenvalue weighted by atomic mass is 35.5. The Hall–Kier alpha value is -0.850. The number of nitrogens with zero attached hydrogens (tertiary/aromatic N) is 1. The summed E-state index contributed by atoms with van der Waals surface area (Å²) in [4.78, 5) is 27.1. The number of piperidine rings is 1. The zero-order valence-electron chi connectivity index (χ0n) is 16.0. The van der Waals surface area contributed by atoms with Crippen LogP contribution in [0.25, 0.3) is 0 Å². The molecular formula is C18H34ClN3O3. The SMILES string of the molecule is CCCNC(=O)C1CCCN(C(=O)C2(N)CC(OCC)C2(C)C)C1.Cl. The van der Waals surface area contributed by atoms with E-state index < -0.39 is 11.0 Å². The summed E-state index contributed by atoms with van der Waals surface area (Å²) in [6.45, 7) is 10.5. The lowest BCUT2D eigenvalue weighted by molar-refractivity contribution is -0.180. The highest BCUT2D eigenvalue weighted by molar-refractivity contribution is 5.89. The zero-order chi connectivity index (χ0) is 18.0. The van der Waals surface area contributed by atoms with Crippen molar-refractivity contribution < 1.29 is 14.3 Å². The van der Waals surface area contributed by atoms with E-state index in [9.17, 15) is 9.59 Å². The molecule has 0 bridgehead atoms. The fraction of sp³-hybridized carbons (Fsp3) is 0.889. The van der Waals surface area contributed by atoms with Crippen LogP contribution in [0.5, 0.6) is 0 Å². The number of nitrogens with one attached hydrogen (secondary N) is 1. The number of carbonyl (C=O) groups is 2. The lowest BCUT2D eigenvalue weighted by Crippen LogP contribution is -2.76. The standard InChI is InChI=1S/C18H33N3O3.ClH/c1-5-9-20-15(22)13-8-7-10-21(12-13)16(23)18(19)11-14(24-6-2)17(18,3)4;/h13-14H,5-12,19H2,1-4H3,(H,20,22);1H. The fourth-order valence-electron chi connectivity index (χ4n) is 3.85. The second-order valence-electron chi connectivity index (χ2n) is 7.72. The van der Waals surface area contributed by atoms with Crippen LogP contribution in [-0.4, -0.2) is 54.6 Å². The number of hydrogen-bond acceptors (Lipinski definition) is 4. The summed E-state index contributed by atoms with van der Waals surface area (Å²) in [5, 5.41) is 2.94. The number of hydrogen-bond donors (Lipinski definition) is 2. The van der Waals surface area contributed by atoms with Gasteiger partial charge < -0.3 is 20.7 Å². The number of carbonyl (C=O) groups excluding carboxylic acids is 2. The Morgan fingerprint density at radius 1 is 1.32 bits per heavy atom.